The van der Waals surface area contributed by atoms with Crippen LogP contribution in [0.15, 0.2) is 77.4 Å². The number of carbonyl (C=O) groups is 1. The van der Waals surface area contributed by atoms with E-state index in [1.807, 2.05) is 55.6 Å². The van der Waals surface area contributed by atoms with Crippen molar-refractivity contribution in [3.05, 3.63) is 106 Å². The summed E-state index contributed by atoms with van der Waals surface area (Å²) >= 11 is 9.55. The number of nitrogens with one attached hydrogen (secondary N) is 2. The maximum atomic E-state index is 12.1. The molecule has 5 rings (SSSR count). The van der Waals surface area contributed by atoms with Gasteiger partial charge >= 0.3 is 0 Å². The van der Waals surface area contributed by atoms with E-state index in [1.54, 1.807) is 0 Å². The molecule has 2 atom stereocenters. The lowest BCUT2D eigenvalue weighted by Gasteiger charge is -2.29. The Labute approximate surface area is 242 Å². The molecule has 0 radical (unpaired) electrons. The molecule has 9 heteroatoms. The van der Waals surface area contributed by atoms with Crippen molar-refractivity contribution in [1.29, 1.82) is 0 Å². The zero-order valence-corrected chi connectivity index (χ0v) is 24.6. The predicted octanol–water partition coefficient (Wildman–Crippen LogP) is 6.32. The number of aromatic nitrogens is 2. The number of amides is 1. The largest absolute Gasteiger partial charge is 0.375 e. The summed E-state index contributed by atoms with van der Waals surface area (Å²) in [7, 11) is 1.50. The van der Waals surface area contributed by atoms with Crippen molar-refractivity contribution in [2.75, 3.05) is 23.9 Å². The fraction of sp³-hybridized carbons (Fsp3) is 0.233. The number of ether oxygens (including phenoxy) is 1. The van der Waals surface area contributed by atoms with Gasteiger partial charge in [0.05, 0.1) is 17.8 Å². The van der Waals surface area contributed by atoms with Gasteiger partial charge in [0, 0.05) is 46.2 Å². The smallest absolute Gasteiger partial charge is 0.250 e. The van der Waals surface area contributed by atoms with E-state index in [0.717, 1.165) is 49.7 Å². The molecule has 7 nitrogen and oxygen atoms in total. The molecule has 39 heavy (non-hydrogen) atoms. The first-order valence-electron chi connectivity index (χ1n) is 12.6. The number of carbonyl (C=O) groups excluding carboxylic acids is 1. The number of benzene rings is 2. The average Bonchev–Trinajstić information content (AvgIpc) is 3.40. The highest BCUT2D eigenvalue weighted by atomic mass is 79.9. The van der Waals surface area contributed by atoms with Gasteiger partial charge in [-0.25, -0.2) is 0 Å². The number of halogens is 1. The first kappa shape index (κ1) is 27.1. The summed E-state index contributed by atoms with van der Waals surface area (Å²) in [6.45, 7) is 6.25. The number of rotatable bonds is 7. The molecule has 0 bridgehead atoms. The van der Waals surface area contributed by atoms with E-state index in [2.05, 4.69) is 79.1 Å². The van der Waals surface area contributed by atoms with E-state index in [1.165, 1.54) is 7.11 Å². The van der Waals surface area contributed by atoms with Crippen molar-refractivity contribution in [1.82, 2.24) is 14.9 Å². The van der Waals surface area contributed by atoms with Gasteiger partial charge in [0.2, 0.25) is 5.91 Å². The van der Waals surface area contributed by atoms with Crippen LogP contribution in [-0.2, 0) is 9.53 Å². The molecule has 1 aliphatic rings. The van der Waals surface area contributed by atoms with E-state index in [9.17, 15) is 4.79 Å². The molecule has 200 valence electrons. The Balaban J connectivity index is 1.61. The fourth-order valence-corrected chi connectivity index (χ4v) is 6.04. The molecule has 0 unspecified atom stereocenters. The molecule has 0 spiro atoms. The second kappa shape index (κ2) is 11.3. The van der Waals surface area contributed by atoms with Crippen molar-refractivity contribution in [3.8, 4) is 5.69 Å². The summed E-state index contributed by atoms with van der Waals surface area (Å²) in [5.74, 6) is -0.195. The van der Waals surface area contributed by atoms with E-state index in [0.29, 0.717) is 5.11 Å². The first-order valence-corrected chi connectivity index (χ1v) is 13.8. The van der Waals surface area contributed by atoms with Gasteiger partial charge in [0.15, 0.2) is 5.11 Å². The number of pyridine rings is 1. The fourth-order valence-electron chi connectivity index (χ4n) is 5.30. The van der Waals surface area contributed by atoms with E-state index in [-0.39, 0.29) is 24.6 Å². The minimum Gasteiger partial charge on any atom is -0.375 e. The normalized spacial score (nSPS) is 16.8. The summed E-state index contributed by atoms with van der Waals surface area (Å²) in [6.07, 6.45) is 1.81. The zero-order chi connectivity index (χ0) is 27.7. The van der Waals surface area contributed by atoms with Crippen LogP contribution >= 0.6 is 28.1 Å². The Morgan fingerprint density at radius 3 is 2.59 bits per heavy atom. The lowest BCUT2D eigenvalue weighted by atomic mass is 9.96. The van der Waals surface area contributed by atoms with Gasteiger partial charge in [0.25, 0.3) is 0 Å². The molecule has 1 amide bonds. The summed E-state index contributed by atoms with van der Waals surface area (Å²) in [5.41, 5.74) is 8.03. The van der Waals surface area contributed by atoms with Gasteiger partial charge in [-0.05, 0) is 98.7 Å². The molecule has 1 fully saturated rings. The van der Waals surface area contributed by atoms with E-state index >= 15 is 0 Å². The molecule has 2 aromatic carbocycles. The van der Waals surface area contributed by atoms with Gasteiger partial charge in [0.1, 0.15) is 6.61 Å². The van der Waals surface area contributed by atoms with Crippen LogP contribution in [0.3, 0.4) is 0 Å². The van der Waals surface area contributed by atoms with Gasteiger partial charge in [-0.15, -0.1) is 0 Å². The summed E-state index contributed by atoms with van der Waals surface area (Å²) in [6, 6.07) is 22.2. The minimum atomic E-state index is -0.195. The van der Waals surface area contributed by atoms with Gasteiger partial charge in [-0.3, -0.25) is 9.78 Å². The van der Waals surface area contributed by atoms with Crippen LogP contribution in [0.25, 0.3) is 5.69 Å². The third kappa shape index (κ3) is 5.34. The van der Waals surface area contributed by atoms with Crippen LogP contribution in [-0.4, -0.2) is 34.3 Å². The highest BCUT2D eigenvalue weighted by Crippen LogP contribution is 2.44. The van der Waals surface area contributed by atoms with Crippen LogP contribution in [0.4, 0.5) is 11.4 Å². The van der Waals surface area contributed by atoms with Crippen molar-refractivity contribution in [3.63, 3.8) is 0 Å². The van der Waals surface area contributed by atoms with Crippen molar-refractivity contribution in [2.24, 2.45) is 0 Å². The maximum absolute atomic E-state index is 12.1. The molecule has 2 N–H and O–H groups in total. The molecular formula is C30H30BrN5O2S. The van der Waals surface area contributed by atoms with Crippen LogP contribution in [0.5, 0.6) is 0 Å². The Morgan fingerprint density at radius 2 is 1.90 bits per heavy atom. The number of hydrogen-bond donors (Lipinski definition) is 2. The van der Waals surface area contributed by atoms with E-state index in [4.69, 9.17) is 17.0 Å². The Morgan fingerprint density at radius 1 is 1.08 bits per heavy atom. The quantitative estimate of drug-likeness (QED) is 0.241. The molecule has 4 aromatic rings. The highest BCUT2D eigenvalue weighted by Gasteiger charge is 2.42. The van der Waals surface area contributed by atoms with Gasteiger partial charge in [-0.1, -0.05) is 28.1 Å². The van der Waals surface area contributed by atoms with Crippen LogP contribution < -0.4 is 15.5 Å². The number of nitrogens with zero attached hydrogens (tertiary/aromatic N) is 3. The molecule has 2 aromatic heterocycles. The first-order chi connectivity index (χ1) is 18.8. The molecule has 0 saturated carbocycles. The predicted molar refractivity (Wildman–Crippen MR) is 163 cm³/mol. The van der Waals surface area contributed by atoms with Crippen molar-refractivity contribution < 1.29 is 9.53 Å². The zero-order valence-electron chi connectivity index (χ0n) is 22.2. The number of aryl methyl sites for hydroxylation is 2. The average molecular weight is 605 g/mol. The summed E-state index contributed by atoms with van der Waals surface area (Å²) in [4.78, 5) is 19.0. The maximum Gasteiger partial charge on any atom is 0.250 e. The summed E-state index contributed by atoms with van der Waals surface area (Å²) < 4.78 is 8.26. The Bertz CT molecular complexity index is 1540. The third-order valence-corrected chi connectivity index (χ3v) is 7.80. The topological polar surface area (TPSA) is 71.4 Å². The van der Waals surface area contributed by atoms with Crippen molar-refractivity contribution >= 4 is 50.5 Å². The number of anilines is 2. The monoisotopic (exact) mass is 603 g/mol. The van der Waals surface area contributed by atoms with Crippen molar-refractivity contribution in [2.45, 2.75) is 32.9 Å². The van der Waals surface area contributed by atoms with Crippen LogP contribution in [0.2, 0.25) is 0 Å². The second-order valence-corrected chi connectivity index (χ2v) is 10.9. The molecule has 0 aliphatic carbocycles. The van der Waals surface area contributed by atoms with E-state index < -0.39 is 0 Å². The lowest BCUT2D eigenvalue weighted by Crippen LogP contribution is -2.29. The SMILES string of the molecule is COCC(=O)Nc1ccc(N2C(=S)N[C@@H](c3ccccn3)[C@H]2c2cc(C)n(-c3cccc(Br)c3)c2C)cc1C. The molecule has 1 aliphatic heterocycles. The Hall–Kier alpha value is -3.53. The Kier molecular flexibility index (Phi) is 7.83. The number of thiocarbonyl (C=S) groups is 1. The third-order valence-electron chi connectivity index (χ3n) is 6.99. The lowest BCUT2D eigenvalue weighted by molar-refractivity contribution is -0.119. The molecule has 3 heterocycles. The number of hydrogen-bond acceptors (Lipinski definition) is 4. The molecular weight excluding hydrogens is 574 g/mol. The number of methoxy groups -OCH3 is 1. The van der Waals surface area contributed by atoms with Crippen LogP contribution in [0, 0.1) is 20.8 Å². The standard InChI is InChI=1S/C30H30BrN5O2S/c1-18-14-23(11-12-25(18)33-27(37)17-38-4)36-29(28(34-30(36)39)26-10-5-6-13-32-26)24-15-19(2)35(20(24)3)22-9-7-8-21(31)16-22/h5-16,28-29H,17H2,1-4H3,(H,33,37)(H,34,39)/t28-,29+/m0/s1. The summed E-state index contributed by atoms with van der Waals surface area (Å²) in [5, 5.41) is 7.08. The minimum absolute atomic E-state index is 0.00273. The second-order valence-electron chi connectivity index (χ2n) is 9.62. The van der Waals surface area contributed by atoms with Crippen LogP contribution in [0.1, 0.15) is 40.3 Å². The van der Waals surface area contributed by atoms with Gasteiger partial charge in [-0.2, -0.15) is 0 Å². The molecule has 1 saturated heterocycles. The van der Waals surface area contributed by atoms with Gasteiger partial charge < -0.3 is 24.8 Å². The highest BCUT2D eigenvalue weighted by molar-refractivity contribution is 9.10.